The summed E-state index contributed by atoms with van der Waals surface area (Å²) in [6.45, 7) is 5.40. The second-order valence-corrected chi connectivity index (χ2v) is 5.96. The number of likely N-dealkylation sites (tertiary alicyclic amines) is 1. The van der Waals surface area contributed by atoms with Crippen LogP contribution in [0.2, 0.25) is 0 Å². The van der Waals surface area contributed by atoms with Gasteiger partial charge in [0, 0.05) is 25.5 Å². The molecule has 4 nitrogen and oxygen atoms in total. The Kier molecular flexibility index (Phi) is 4.68. The summed E-state index contributed by atoms with van der Waals surface area (Å²) in [4.78, 5) is 12.3. The summed E-state index contributed by atoms with van der Waals surface area (Å²) in [5, 5.41) is 0. The minimum Gasteiger partial charge on any atom is -0.348 e. The summed E-state index contributed by atoms with van der Waals surface area (Å²) in [5.41, 5.74) is 2.89. The minimum atomic E-state index is 0.852. The van der Waals surface area contributed by atoms with Crippen molar-refractivity contribution < 1.29 is 0 Å². The quantitative estimate of drug-likeness (QED) is 0.885. The molecule has 1 fully saturated rings. The van der Waals surface area contributed by atoms with Crippen LogP contribution in [0.3, 0.4) is 0 Å². The second kappa shape index (κ2) is 6.87. The van der Waals surface area contributed by atoms with E-state index in [4.69, 9.17) is 0 Å². The van der Waals surface area contributed by atoms with Crippen molar-refractivity contribution in [1.82, 2.24) is 19.8 Å². The number of hydrogen-bond donors (Lipinski definition) is 1. The summed E-state index contributed by atoms with van der Waals surface area (Å²) in [6, 6.07) is 8.82. The van der Waals surface area contributed by atoms with Crippen LogP contribution in [0.15, 0.2) is 36.7 Å². The first-order valence-electron chi connectivity index (χ1n) is 7.77. The van der Waals surface area contributed by atoms with E-state index < -0.39 is 0 Å². The van der Waals surface area contributed by atoms with E-state index in [-0.39, 0.29) is 0 Å². The second-order valence-electron chi connectivity index (χ2n) is 5.96. The zero-order valence-electron chi connectivity index (χ0n) is 12.8. The lowest BCUT2D eigenvalue weighted by molar-refractivity contribution is 0.302. The van der Waals surface area contributed by atoms with Gasteiger partial charge in [-0.05, 0) is 44.1 Å². The molecule has 0 aliphatic carbocycles. The molecular formula is C17H24N4. The Bertz CT molecular complexity index is 544. The van der Waals surface area contributed by atoms with Crippen molar-refractivity contribution in [1.29, 1.82) is 0 Å². The van der Waals surface area contributed by atoms with Gasteiger partial charge in [0.25, 0.3) is 0 Å². The Labute approximate surface area is 126 Å². The maximum atomic E-state index is 4.30. The molecule has 0 atom stereocenters. The van der Waals surface area contributed by atoms with Crippen molar-refractivity contribution in [2.75, 3.05) is 20.1 Å². The van der Waals surface area contributed by atoms with Gasteiger partial charge in [-0.25, -0.2) is 4.98 Å². The summed E-state index contributed by atoms with van der Waals surface area (Å²) in [6.07, 6.45) is 6.39. The molecule has 21 heavy (non-hydrogen) atoms. The van der Waals surface area contributed by atoms with E-state index in [2.05, 4.69) is 51.1 Å². The Morgan fingerprint density at radius 3 is 2.62 bits per heavy atom. The molecule has 1 aliphatic rings. The number of benzene rings is 1. The zero-order chi connectivity index (χ0) is 14.5. The molecule has 2 heterocycles. The number of nitrogens with one attached hydrogen (secondary N) is 1. The first-order chi connectivity index (χ1) is 10.3. The predicted octanol–water partition coefficient (Wildman–Crippen LogP) is 2.64. The monoisotopic (exact) mass is 284 g/mol. The summed E-state index contributed by atoms with van der Waals surface area (Å²) in [7, 11) is 2.15. The third-order valence-electron chi connectivity index (χ3n) is 4.13. The van der Waals surface area contributed by atoms with Crippen LogP contribution in [-0.2, 0) is 19.6 Å². The average Bonchev–Trinajstić information content (AvgIpc) is 3.14. The van der Waals surface area contributed by atoms with Crippen LogP contribution in [0.1, 0.15) is 29.8 Å². The molecule has 0 bridgehead atoms. The first kappa shape index (κ1) is 14.3. The van der Waals surface area contributed by atoms with Gasteiger partial charge < -0.3 is 4.98 Å². The fraction of sp³-hybridized carbons (Fsp3) is 0.471. The van der Waals surface area contributed by atoms with Gasteiger partial charge in [0.2, 0.25) is 0 Å². The molecule has 0 amide bonds. The van der Waals surface area contributed by atoms with Crippen LogP contribution in [-0.4, -0.2) is 39.9 Å². The van der Waals surface area contributed by atoms with E-state index in [9.17, 15) is 0 Å². The molecule has 1 N–H and O–H groups in total. The van der Waals surface area contributed by atoms with E-state index in [0.29, 0.717) is 0 Å². The fourth-order valence-corrected chi connectivity index (χ4v) is 3.03. The number of imidazole rings is 1. The van der Waals surface area contributed by atoms with Gasteiger partial charge >= 0.3 is 0 Å². The van der Waals surface area contributed by atoms with E-state index in [0.717, 1.165) is 25.5 Å². The summed E-state index contributed by atoms with van der Waals surface area (Å²) >= 11 is 0. The maximum absolute atomic E-state index is 4.30. The highest BCUT2D eigenvalue weighted by Crippen LogP contribution is 2.17. The molecule has 0 unspecified atom stereocenters. The van der Waals surface area contributed by atoms with Gasteiger partial charge in [0.05, 0.1) is 6.54 Å². The smallest absolute Gasteiger partial charge is 0.120 e. The van der Waals surface area contributed by atoms with Crippen molar-refractivity contribution in [3.63, 3.8) is 0 Å². The molecule has 1 aliphatic heterocycles. The highest BCUT2D eigenvalue weighted by molar-refractivity contribution is 5.27. The van der Waals surface area contributed by atoms with Gasteiger partial charge in [0.15, 0.2) is 0 Å². The normalized spacial score (nSPS) is 15.9. The Balaban J connectivity index is 1.63. The van der Waals surface area contributed by atoms with Crippen LogP contribution < -0.4 is 0 Å². The van der Waals surface area contributed by atoms with Crippen molar-refractivity contribution in [3.8, 4) is 0 Å². The lowest BCUT2D eigenvalue weighted by Gasteiger charge is -2.21. The number of H-pyrrole nitrogens is 1. The highest BCUT2D eigenvalue weighted by Gasteiger charge is 2.14. The van der Waals surface area contributed by atoms with Crippen LogP contribution in [0.4, 0.5) is 0 Å². The fourth-order valence-electron chi connectivity index (χ4n) is 3.03. The van der Waals surface area contributed by atoms with Crippen molar-refractivity contribution >= 4 is 0 Å². The van der Waals surface area contributed by atoms with Crippen LogP contribution in [0, 0.1) is 0 Å². The van der Waals surface area contributed by atoms with Gasteiger partial charge in [-0.3, -0.25) is 9.80 Å². The molecule has 0 saturated carbocycles. The largest absolute Gasteiger partial charge is 0.348 e. The van der Waals surface area contributed by atoms with E-state index in [1.165, 1.54) is 37.1 Å². The molecule has 1 saturated heterocycles. The lowest BCUT2D eigenvalue weighted by atomic mass is 10.1. The molecule has 2 aromatic rings. The molecule has 4 heteroatoms. The van der Waals surface area contributed by atoms with Gasteiger partial charge in [-0.2, -0.15) is 0 Å². The number of aromatic nitrogens is 2. The molecule has 0 spiro atoms. The average molecular weight is 284 g/mol. The van der Waals surface area contributed by atoms with Crippen molar-refractivity contribution in [2.45, 2.75) is 32.5 Å². The van der Waals surface area contributed by atoms with Gasteiger partial charge in [-0.15, -0.1) is 0 Å². The third-order valence-corrected chi connectivity index (χ3v) is 4.13. The van der Waals surface area contributed by atoms with Crippen LogP contribution in [0.5, 0.6) is 0 Å². The number of rotatable bonds is 6. The molecule has 1 aromatic carbocycles. The minimum absolute atomic E-state index is 0.852. The molecular weight excluding hydrogens is 260 g/mol. The van der Waals surface area contributed by atoms with Crippen LogP contribution in [0.25, 0.3) is 0 Å². The predicted molar refractivity (Wildman–Crippen MR) is 84.7 cm³/mol. The maximum Gasteiger partial charge on any atom is 0.120 e. The standard InChI is InChI=1S/C17H24N4/c1-20(14-17-18-8-9-19-17)12-15-6-2-3-7-16(15)13-21-10-4-5-11-21/h2-3,6-9H,4-5,10-14H2,1H3,(H,18,19). The topological polar surface area (TPSA) is 35.2 Å². The van der Waals surface area contributed by atoms with Gasteiger partial charge in [-0.1, -0.05) is 24.3 Å². The third kappa shape index (κ3) is 3.93. The van der Waals surface area contributed by atoms with Crippen molar-refractivity contribution in [3.05, 3.63) is 53.6 Å². The Morgan fingerprint density at radius 1 is 1.14 bits per heavy atom. The zero-order valence-corrected chi connectivity index (χ0v) is 12.8. The number of nitrogens with zero attached hydrogens (tertiary/aromatic N) is 3. The van der Waals surface area contributed by atoms with Crippen LogP contribution >= 0.6 is 0 Å². The summed E-state index contributed by atoms with van der Waals surface area (Å²) in [5.74, 6) is 1.02. The van der Waals surface area contributed by atoms with Gasteiger partial charge in [0.1, 0.15) is 5.82 Å². The highest BCUT2D eigenvalue weighted by atomic mass is 15.1. The SMILES string of the molecule is CN(Cc1ncc[nH]1)Cc1ccccc1CN1CCCC1. The lowest BCUT2D eigenvalue weighted by Crippen LogP contribution is -2.22. The molecule has 0 radical (unpaired) electrons. The number of aromatic amines is 1. The first-order valence-corrected chi connectivity index (χ1v) is 7.77. The molecule has 112 valence electrons. The van der Waals surface area contributed by atoms with E-state index >= 15 is 0 Å². The Morgan fingerprint density at radius 2 is 1.90 bits per heavy atom. The molecule has 1 aromatic heterocycles. The van der Waals surface area contributed by atoms with Crippen molar-refractivity contribution in [2.24, 2.45) is 0 Å². The van der Waals surface area contributed by atoms with E-state index in [1.807, 2.05) is 12.4 Å². The summed E-state index contributed by atoms with van der Waals surface area (Å²) < 4.78 is 0. The Hall–Kier alpha value is -1.65. The van der Waals surface area contributed by atoms with E-state index in [1.54, 1.807) is 0 Å². The number of hydrogen-bond acceptors (Lipinski definition) is 3. The molecule has 3 rings (SSSR count).